The maximum absolute atomic E-state index is 14.4. The van der Waals surface area contributed by atoms with E-state index in [9.17, 15) is 19.2 Å². The summed E-state index contributed by atoms with van der Waals surface area (Å²) in [6, 6.07) is 20.6. The first-order valence-electron chi connectivity index (χ1n) is 15.1. The second kappa shape index (κ2) is 12.6. The normalized spacial score (nSPS) is 17.1. The van der Waals surface area contributed by atoms with Gasteiger partial charge in [-0.15, -0.1) is 11.3 Å². The SMILES string of the molecule is O=C1C(=O)N(CC(=O)N(Cc2nc(-c3ccccc3)cs2)[C@H](C(=O)Nc2ccc3c(c2)OCO3)[C@@H]2CC=CCC2)c2ccccc21. The Balaban J connectivity index is 1.23. The van der Waals surface area contributed by atoms with Gasteiger partial charge in [0.15, 0.2) is 11.5 Å². The van der Waals surface area contributed by atoms with Gasteiger partial charge in [-0.3, -0.25) is 24.1 Å². The molecule has 1 N–H and O–H groups in total. The summed E-state index contributed by atoms with van der Waals surface area (Å²) in [7, 11) is 0. The minimum Gasteiger partial charge on any atom is -0.454 e. The van der Waals surface area contributed by atoms with Gasteiger partial charge in [0.1, 0.15) is 17.6 Å². The minimum absolute atomic E-state index is 0.0490. The van der Waals surface area contributed by atoms with Crippen LogP contribution < -0.4 is 19.7 Å². The number of allylic oxidation sites excluding steroid dienone is 2. The van der Waals surface area contributed by atoms with Gasteiger partial charge in [-0.1, -0.05) is 54.6 Å². The second-order valence-electron chi connectivity index (χ2n) is 11.3. The van der Waals surface area contributed by atoms with Crippen LogP contribution >= 0.6 is 11.3 Å². The molecule has 10 nitrogen and oxygen atoms in total. The van der Waals surface area contributed by atoms with Crippen LogP contribution in [0.25, 0.3) is 11.3 Å². The number of thiazole rings is 1. The van der Waals surface area contributed by atoms with Crippen molar-refractivity contribution in [2.45, 2.75) is 31.8 Å². The van der Waals surface area contributed by atoms with Crippen molar-refractivity contribution < 1.29 is 28.7 Å². The number of hydrogen-bond donors (Lipinski definition) is 1. The van der Waals surface area contributed by atoms with Crippen LogP contribution in [0.15, 0.2) is 90.3 Å². The van der Waals surface area contributed by atoms with E-state index in [0.717, 1.165) is 17.7 Å². The number of anilines is 2. The predicted octanol–water partition coefficient (Wildman–Crippen LogP) is 5.46. The lowest BCUT2D eigenvalue weighted by Crippen LogP contribution is -2.54. The maximum atomic E-state index is 14.4. The number of nitrogens with zero attached hydrogens (tertiary/aromatic N) is 3. The number of rotatable bonds is 9. The van der Waals surface area contributed by atoms with E-state index < -0.39 is 30.2 Å². The van der Waals surface area contributed by atoms with Crippen molar-refractivity contribution in [3.63, 3.8) is 0 Å². The highest BCUT2D eigenvalue weighted by atomic mass is 32.1. The Hall–Kier alpha value is -5.29. The predicted molar refractivity (Wildman–Crippen MR) is 173 cm³/mol. The molecule has 0 fully saturated rings. The molecule has 11 heteroatoms. The number of aromatic nitrogens is 1. The van der Waals surface area contributed by atoms with E-state index >= 15 is 0 Å². The third-order valence-corrected chi connectivity index (χ3v) is 9.25. The average Bonchev–Trinajstić information content (AvgIpc) is 3.81. The molecule has 0 spiro atoms. The largest absolute Gasteiger partial charge is 0.454 e. The fourth-order valence-corrected chi connectivity index (χ4v) is 6.95. The molecule has 46 heavy (non-hydrogen) atoms. The van der Waals surface area contributed by atoms with Crippen molar-refractivity contribution in [3.8, 4) is 22.8 Å². The van der Waals surface area contributed by atoms with Crippen LogP contribution in [0.5, 0.6) is 11.5 Å². The maximum Gasteiger partial charge on any atom is 0.299 e. The molecule has 0 unspecified atom stereocenters. The topological polar surface area (TPSA) is 118 Å². The number of hydrogen-bond acceptors (Lipinski definition) is 8. The molecule has 3 heterocycles. The molecule has 0 bridgehead atoms. The van der Waals surface area contributed by atoms with Crippen molar-refractivity contribution in [1.82, 2.24) is 9.88 Å². The van der Waals surface area contributed by atoms with Crippen LogP contribution in [0.4, 0.5) is 11.4 Å². The summed E-state index contributed by atoms with van der Waals surface area (Å²) < 4.78 is 10.9. The van der Waals surface area contributed by atoms with E-state index in [1.807, 2.05) is 41.8 Å². The molecule has 232 valence electrons. The second-order valence-corrected chi connectivity index (χ2v) is 12.2. The molecule has 3 aliphatic rings. The Morgan fingerprint density at radius 1 is 1.00 bits per heavy atom. The molecule has 2 aliphatic heterocycles. The van der Waals surface area contributed by atoms with Gasteiger partial charge in [-0.25, -0.2) is 4.98 Å². The van der Waals surface area contributed by atoms with Gasteiger partial charge in [0.2, 0.25) is 18.6 Å². The van der Waals surface area contributed by atoms with Crippen LogP contribution in [0, 0.1) is 5.92 Å². The molecule has 3 amide bonds. The number of Topliss-reactive ketones (excluding diaryl/α,β-unsaturated/α-hetero) is 1. The molecule has 1 aromatic heterocycles. The number of fused-ring (bicyclic) bond motifs is 2. The smallest absolute Gasteiger partial charge is 0.299 e. The van der Waals surface area contributed by atoms with Crippen LogP contribution in [-0.4, -0.2) is 52.8 Å². The average molecular weight is 635 g/mol. The number of ketones is 1. The van der Waals surface area contributed by atoms with Crippen LogP contribution in [-0.2, 0) is 20.9 Å². The van der Waals surface area contributed by atoms with Crippen molar-refractivity contribution >= 4 is 46.2 Å². The highest BCUT2D eigenvalue weighted by molar-refractivity contribution is 7.09. The Morgan fingerprint density at radius 2 is 1.80 bits per heavy atom. The Morgan fingerprint density at radius 3 is 2.63 bits per heavy atom. The van der Waals surface area contributed by atoms with Gasteiger partial charge in [0.05, 0.1) is 23.5 Å². The van der Waals surface area contributed by atoms with E-state index in [-0.39, 0.29) is 30.7 Å². The lowest BCUT2D eigenvalue weighted by Gasteiger charge is -2.37. The molecule has 2 atom stereocenters. The Bertz CT molecular complexity index is 1850. The summed E-state index contributed by atoms with van der Waals surface area (Å²) in [6.45, 7) is -0.242. The van der Waals surface area contributed by atoms with Gasteiger partial charge in [-0.05, 0) is 49.4 Å². The van der Waals surface area contributed by atoms with Gasteiger partial charge in [0.25, 0.3) is 11.7 Å². The van der Waals surface area contributed by atoms with Crippen LogP contribution in [0.1, 0.15) is 34.6 Å². The summed E-state index contributed by atoms with van der Waals surface area (Å²) in [5.41, 5.74) is 2.86. The first kappa shape index (κ1) is 29.4. The Labute approximate surface area is 269 Å². The van der Waals surface area contributed by atoms with Crippen LogP contribution in [0.2, 0.25) is 0 Å². The van der Waals surface area contributed by atoms with Crippen molar-refractivity contribution in [2.24, 2.45) is 5.92 Å². The molecule has 7 rings (SSSR count). The standard InChI is InChI=1S/C35H30N4O6S/c40-31(19-38-27-14-8-7-13-25(27)33(41)35(38)43)39(18-30-37-26(20-46-30)22-9-3-1-4-10-22)32(23-11-5-2-6-12-23)34(42)36-24-15-16-28-29(17-24)45-21-44-28/h1-5,7-10,13-17,20,23,32H,6,11-12,18-19,21H2,(H,36,42)/t23-,32+/m1/s1. The van der Waals surface area contributed by atoms with Crippen molar-refractivity contribution in [3.05, 3.63) is 101 Å². The monoisotopic (exact) mass is 634 g/mol. The van der Waals surface area contributed by atoms with Crippen molar-refractivity contribution in [1.29, 1.82) is 0 Å². The first-order valence-corrected chi connectivity index (χ1v) is 15.9. The molecule has 3 aromatic carbocycles. The molecule has 0 saturated carbocycles. The van der Waals surface area contributed by atoms with Gasteiger partial charge < -0.3 is 19.7 Å². The van der Waals surface area contributed by atoms with Gasteiger partial charge in [-0.2, -0.15) is 0 Å². The highest BCUT2D eigenvalue weighted by Gasteiger charge is 2.41. The zero-order valence-corrected chi connectivity index (χ0v) is 25.6. The molecular weight excluding hydrogens is 604 g/mol. The molecule has 0 radical (unpaired) electrons. The third kappa shape index (κ3) is 5.77. The van der Waals surface area contributed by atoms with Crippen molar-refractivity contribution in [2.75, 3.05) is 23.6 Å². The fourth-order valence-electron chi connectivity index (χ4n) is 6.15. The van der Waals surface area contributed by atoms with E-state index in [1.165, 1.54) is 21.1 Å². The van der Waals surface area contributed by atoms with E-state index in [2.05, 4.69) is 11.4 Å². The zero-order valence-electron chi connectivity index (χ0n) is 24.8. The van der Waals surface area contributed by atoms with E-state index in [4.69, 9.17) is 14.5 Å². The number of benzene rings is 3. The molecular formula is C35H30N4O6S. The summed E-state index contributed by atoms with van der Waals surface area (Å²) in [6.07, 6.45) is 6.17. The fraction of sp³-hybridized carbons (Fsp3) is 0.229. The Kier molecular flexibility index (Phi) is 8.06. The number of carbonyl (C=O) groups excluding carboxylic acids is 4. The molecule has 1 aliphatic carbocycles. The number of amides is 3. The van der Waals surface area contributed by atoms with E-state index in [0.29, 0.717) is 40.7 Å². The lowest BCUT2D eigenvalue weighted by atomic mass is 9.86. The third-order valence-electron chi connectivity index (χ3n) is 8.42. The quantitative estimate of drug-likeness (QED) is 0.192. The van der Waals surface area contributed by atoms with Gasteiger partial charge in [0, 0.05) is 22.7 Å². The summed E-state index contributed by atoms with van der Waals surface area (Å²) in [5.74, 6) is -1.33. The number of ether oxygens (including phenoxy) is 2. The minimum atomic E-state index is -0.893. The highest BCUT2D eigenvalue weighted by Crippen LogP contribution is 2.36. The summed E-state index contributed by atoms with van der Waals surface area (Å²) in [4.78, 5) is 62.0. The molecule has 0 saturated heterocycles. The summed E-state index contributed by atoms with van der Waals surface area (Å²) >= 11 is 1.40. The lowest BCUT2D eigenvalue weighted by molar-refractivity contribution is -0.140. The first-order chi connectivity index (χ1) is 22.5. The zero-order chi connectivity index (χ0) is 31.6. The number of nitrogens with one attached hydrogen (secondary N) is 1. The number of carbonyl (C=O) groups is 4. The van der Waals surface area contributed by atoms with E-state index in [1.54, 1.807) is 42.5 Å². The summed E-state index contributed by atoms with van der Waals surface area (Å²) in [5, 5.41) is 5.57. The molecule has 4 aromatic rings. The number of para-hydroxylation sites is 1. The van der Waals surface area contributed by atoms with Crippen LogP contribution in [0.3, 0.4) is 0 Å². The van der Waals surface area contributed by atoms with Gasteiger partial charge >= 0.3 is 0 Å².